The zero-order valence-electron chi connectivity index (χ0n) is 14.1. The number of amides is 1. The Morgan fingerprint density at radius 2 is 2.33 bits per heavy atom. The van der Waals surface area contributed by atoms with Gasteiger partial charge in [0.1, 0.15) is 11.8 Å². The zero-order chi connectivity index (χ0) is 17.4. The second kappa shape index (κ2) is 9.01. The van der Waals surface area contributed by atoms with Gasteiger partial charge in [0.05, 0.1) is 19.4 Å². The summed E-state index contributed by atoms with van der Waals surface area (Å²) in [5, 5.41) is 11.5. The molecule has 1 atom stereocenters. The molecule has 1 unspecified atom stereocenters. The van der Waals surface area contributed by atoms with Crippen LogP contribution < -0.4 is 5.32 Å². The number of aromatic nitrogens is 2. The number of carbonyl (C=O) groups excluding carboxylic acids is 1. The van der Waals surface area contributed by atoms with Crippen LogP contribution in [0.5, 0.6) is 0 Å². The molecule has 0 saturated carbocycles. The van der Waals surface area contributed by atoms with E-state index in [-0.39, 0.29) is 17.4 Å². The zero-order valence-corrected chi connectivity index (χ0v) is 14.1. The van der Waals surface area contributed by atoms with Gasteiger partial charge in [0.15, 0.2) is 5.82 Å². The first-order valence-electron chi connectivity index (χ1n) is 8.03. The summed E-state index contributed by atoms with van der Waals surface area (Å²) in [6, 6.07) is 2.22. The molecule has 1 amide bonds. The van der Waals surface area contributed by atoms with E-state index in [1.165, 1.54) is 11.8 Å². The number of aromatic amines is 1. The monoisotopic (exact) mass is 329 g/mol. The van der Waals surface area contributed by atoms with Crippen LogP contribution in [-0.2, 0) is 4.74 Å². The molecule has 128 valence electrons. The Morgan fingerprint density at radius 3 is 2.96 bits per heavy atom. The first-order chi connectivity index (χ1) is 11.7. The van der Waals surface area contributed by atoms with Crippen molar-refractivity contribution in [2.75, 3.05) is 32.8 Å². The molecule has 2 N–H and O–H groups in total. The Kier molecular flexibility index (Phi) is 6.73. The molecule has 1 aliphatic rings. The Labute approximate surface area is 142 Å². The van der Waals surface area contributed by atoms with Crippen LogP contribution in [0, 0.1) is 11.3 Å². The van der Waals surface area contributed by atoms with Crippen LogP contribution in [0.1, 0.15) is 30.2 Å². The SMILES string of the molecule is C/C=C(\C=C/CNC(=O)c1ncc(C#N)[nH]1)C(C)N1CCOCC1. The van der Waals surface area contributed by atoms with Gasteiger partial charge in [-0.15, -0.1) is 0 Å². The number of morpholine rings is 1. The molecule has 0 aliphatic carbocycles. The molecule has 7 nitrogen and oxygen atoms in total. The number of allylic oxidation sites excluding steroid dienone is 1. The summed E-state index contributed by atoms with van der Waals surface area (Å²) < 4.78 is 5.38. The third-order valence-corrected chi connectivity index (χ3v) is 4.01. The van der Waals surface area contributed by atoms with E-state index >= 15 is 0 Å². The highest BCUT2D eigenvalue weighted by atomic mass is 16.5. The van der Waals surface area contributed by atoms with Gasteiger partial charge in [0, 0.05) is 25.7 Å². The fourth-order valence-electron chi connectivity index (χ4n) is 2.58. The number of carbonyl (C=O) groups is 1. The number of nitrogens with one attached hydrogen (secondary N) is 2. The quantitative estimate of drug-likeness (QED) is 0.766. The summed E-state index contributed by atoms with van der Waals surface area (Å²) in [7, 11) is 0. The highest BCUT2D eigenvalue weighted by Gasteiger charge is 2.18. The summed E-state index contributed by atoms with van der Waals surface area (Å²) in [6.07, 6.45) is 7.37. The van der Waals surface area contributed by atoms with Crippen LogP contribution >= 0.6 is 0 Å². The first-order valence-corrected chi connectivity index (χ1v) is 8.03. The molecule has 1 aromatic heterocycles. The molecule has 1 fully saturated rings. The summed E-state index contributed by atoms with van der Waals surface area (Å²) >= 11 is 0. The van der Waals surface area contributed by atoms with Crippen LogP contribution in [0.25, 0.3) is 0 Å². The Hall–Kier alpha value is -2.43. The number of imidazole rings is 1. The van der Waals surface area contributed by atoms with E-state index in [4.69, 9.17) is 10.00 Å². The lowest BCUT2D eigenvalue weighted by Gasteiger charge is -2.33. The molecule has 1 aromatic rings. The van der Waals surface area contributed by atoms with Gasteiger partial charge in [-0.25, -0.2) is 4.98 Å². The standard InChI is InChI=1S/C17H23N5O2/c1-3-14(13(2)22-7-9-24-10-8-22)5-4-6-19-17(23)16-20-12-15(11-18)21-16/h3-5,12-13H,6-10H2,1-2H3,(H,19,23)(H,20,21)/b5-4-,14-3+. The molecule has 0 radical (unpaired) electrons. The maximum atomic E-state index is 11.9. The molecule has 0 aromatic carbocycles. The van der Waals surface area contributed by atoms with Crippen LogP contribution in [-0.4, -0.2) is 59.7 Å². The third-order valence-electron chi connectivity index (χ3n) is 4.01. The lowest BCUT2D eigenvalue weighted by Crippen LogP contribution is -2.42. The van der Waals surface area contributed by atoms with Gasteiger partial charge < -0.3 is 15.0 Å². The van der Waals surface area contributed by atoms with Gasteiger partial charge in [-0.1, -0.05) is 18.2 Å². The van der Waals surface area contributed by atoms with Crippen molar-refractivity contribution in [3.8, 4) is 6.07 Å². The van der Waals surface area contributed by atoms with Crippen LogP contribution in [0.15, 0.2) is 30.0 Å². The Morgan fingerprint density at radius 1 is 1.58 bits per heavy atom. The molecular formula is C17H23N5O2. The molecule has 2 heterocycles. The van der Waals surface area contributed by atoms with Crippen LogP contribution in [0.4, 0.5) is 0 Å². The summed E-state index contributed by atoms with van der Waals surface area (Å²) in [5.41, 5.74) is 1.47. The van der Waals surface area contributed by atoms with Crippen molar-refractivity contribution in [3.05, 3.63) is 41.5 Å². The summed E-state index contributed by atoms with van der Waals surface area (Å²) in [5.74, 6) is -0.183. The molecule has 0 bridgehead atoms. The number of nitriles is 1. The van der Waals surface area contributed by atoms with E-state index in [1.54, 1.807) is 0 Å². The number of ether oxygens (including phenoxy) is 1. The van der Waals surface area contributed by atoms with Crippen molar-refractivity contribution in [2.45, 2.75) is 19.9 Å². The second-order valence-electron chi connectivity index (χ2n) is 5.48. The molecular weight excluding hydrogens is 306 g/mol. The van der Waals surface area contributed by atoms with Crippen LogP contribution in [0.2, 0.25) is 0 Å². The normalized spacial score (nSPS) is 17.6. The predicted molar refractivity (Wildman–Crippen MR) is 90.4 cm³/mol. The van der Waals surface area contributed by atoms with Gasteiger partial charge in [0.25, 0.3) is 5.91 Å². The Balaban J connectivity index is 1.83. The van der Waals surface area contributed by atoms with Crippen molar-refractivity contribution in [1.29, 1.82) is 5.26 Å². The minimum absolute atomic E-state index is 0.146. The average molecular weight is 329 g/mol. The van der Waals surface area contributed by atoms with Crippen molar-refractivity contribution in [2.24, 2.45) is 0 Å². The highest BCUT2D eigenvalue weighted by molar-refractivity contribution is 5.90. The van der Waals surface area contributed by atoms with Gasteiger partial charge in [-0.3, -0.25) is 9.69 Å². The van der Waals surface area contributed by atoms with E-state index in [0.717, 1.165) is 26.3 Å². The highest BCUT2D eigenvalue weighted by Crippen LogP contribution is 2.13. The Bertz CT molecular complexity index is 650. The van der Waals surface area contributed by atoms with E-state index < -0.39 is 0 Å². The lowest BCUT2D eigenvalue weighted by molar-refractivity contribution is 0.0273. The third kappa shape index (κ3) is 4.78. The summed E-state index contributed by atoms with van der Waals surface area (Å²) in [6.45, 7) is 8.00. The number of hydrogen-bond donors (Lipinski definition) is 2. The van der Waals surface area contributed by atoms with Gasteiger partial charge >= 0.3 is 0 Å². The van der Waals surface area contributed by atoms with Crippen molar-refractivity contribution < 1.29 is 9.53 Å². The first kappa shape index (κ1) is 17.9. The lowest BCUT2D eigenvalue weighted by atomic mass is 10.1. The minimum atomic E-state index is -0.329. The van der Waals surface area contributed by atoms with Crippen molar-refractivity contribution >= 4 is 5.91 Å². The van der Waals surface area contributed by atoms with Gasteiger partial charge in [-0.2, -0.15) is 5.26 Å². The number of hydrogen-bond acceptors (Lipinski definition) is 5. The molecule has 1 aliphatic heterocycles. The predicted octanol–water partition coefficient (Wildman–Crippen LogP) is 1.23. The molecule has 7 heteroatoms. The smallest absolute Gasteiger partial charge is 0.287 e. The molecule has 24 heavy (non-hydrogen) atoms. The minimum Gasteiger partial charge on any atom is -0.379 e. The summed E-state index contributed by atoms with van der Waals surface area (Å²) in [4.78, 5) is 20.8. The van der Waals surface area contributed by atoms with Crippen LogP contribution in [0.3, 0.4) is 0 Å². The average Bonchev–Trinajstić information content (AvgIpc) is 3.11. The molecule has 0 spiro atoms. The van der Waals surface area contributed by atoms with Gasteiger partial charge in [-0.05, 0) is 19.4 Å². The number of rotatable bonds is 6. The van der Waals surface area contributed by atoms with E-state index in [2.05, 4.69) is 33.2 Å². The van der Waals surface area contributed by atoms with Crippen molar-refractivity contribution in [1.82, 2.24) is 20.2 Å². The number of H-pyrrole nitrogens is 1. The largest absolute Gasteiger partial charge is 0.379 e. The number of nitrogens with zero attached hydrogens (tertiary/aromatic N) is 3. The van der Waals surface area contributed by atoms with E-state index in [1.807, 2.05) is 25.1 Å². The van der Waals surface area contributed by atoms with E-state index in [9.17, 15) is 4.79 Å². The molecule has 2 rings (SSSR count). The van der Waals surface area contributed by atoms with E-state index in [0.29, 0.717) is 12.6 Å². The van der Waals surface area contributed by atoms with Gasteiger partial charge in [0.2, 0.25) is 0 Å². The fraction of sp³-hybridized carbons (Fsp3) is 0.471. The molecule has 1 saturated heterocycles. The fourth-order valence-corrected chi connectivity index (χ4v) is 2.58. The maximum Gasteiger partial charge on any atom is 0.287 e. The van der Waals surface area contributed by atoms with Crippen molar-refractivity contribution in [3.63, 3.8) is 0 Å². The topological polar surface area (TPSA) is 94.0 Å². The maximum absolute atomic E-state index is 11.9. The second-order valence-corrected chi connectivity index (χ2v) is 5.48.